The predicted molar refractivity (Wildman–Crippen MR) is 102 cm³/mol. The van der Waals surface area contributed by atoms with Gasteiger partial charge in [0, 0.05) is 25.7 Å². The molecule has 144 valence electrons. The number of rotatable bonds is 4. The Morgan fingerprint density at radius 3 is 2.46 bits per heavy atom. The summed E-state index contributed by atoms with van der Waals surface area (Å²) in [5, 5.41) is 0. The Morgan fingerprint density at radius 1 is 1.19 bits per heavy atom. The van der Waals surface area contributed by atoms with Crippen molar-refractivity contribution in [3.63, 3.8) is 0 Å². The molecule has 26 heavy (non-hydrogen) atoms. The SMILES string of the molecule is COC1=CC=C([N+]2(C)CCC(C)(C)C(C)(C(=O)C3CCCC3=O)C2)CC1. The summed E-state index contributed by atoms with van der Waals surface area (Å²) in [4.78, 5) is 25.8. The number of hydrogen-bond acceptors (Lipinski definition) is 3. The molecule has 0 radical (unpaired) electrons. The van der Waals surface area contributed by atoms with Gasteiger partial charge in [0.1, 0.15) is 11.5 Å². The number of nitrogens with zero attached hydrogens (tertiary/aromatic N) is 1. The molecule has 2 fully saturated rings. The first-order chi connectivity index (χ1) is 12.1. The maximum atomic E-state index is 13.5. The molecule has 0 aromatic carbocycles. The Bertz CT molecular complexity index is 675. The summed E-state index contributed by atoms with van der Waals surface area (Å²) in [7, 11) is 3.98. The number of quaternary nitrogens is 1. The zero-order valence-corrected chi connectivity index (χ0v) is 17.1. The zero-order chi connectivity index (χ0) is 19.2. The third kappa shape index (κ3) is 3.06. The van der Waals surface area contributed by atoms with Gasteiger partial charge in [0.2, 0.25) is 0 Å². The summed E-state index contributed by atoms with van der Waals surface area (Å²) in [6.07, 6.45) is 9.34. The second-order valence-electron chi connectivity index (χ2n) is 9.51. The fourth-order valence-electron chi connectivity index (χ4n) is 5.15. The average Bonchev–Trinajstić information content (AvgIpc) is 3.04. The van der Waals surface area contributed by atoms with Gasteiger partial charge in [0.15, 0.2) is 5.78 Å². The molecule has 3 aliphatic rings. The summed E-state index contributed by atoms with van der Waals surface area (Å²) >= 11 is 0. The van der Waals surface area contributed by atoms with E-state index in [1.165, 1.54) is 5.70 Å². The van der Waals surface area contributed by atoms with Crippen LogP contribution in [0.5, 0.6) is 0 Å². The van der Waals surface area contributed by atoms with E-state index in [9.17, 15) is 9.59 Å². The molecular formula is C22H34NO3+. The van der Waals surface area contributed by atoms with Crippen LogP contribution in [0.4, 0.5) is 0 Å². The Labute approximate surface area is 157 Å². The highest BCUT2D eigenvalue weighted by Crippen LogP contribution is 2.51. The van der Waals surface area contributed by atoms with Crippen molar-refractivity contribution in [3.05, 3.63) is 23.6 Å². The Morgan fingerprint density at radius 2 is 1.92 bits per heavy atom. The van der Waals surface area contributed by atoms with Crippen molar-refractivity contribution in [2.24, 2.45) is 16.7 Å². The monoisotopic (exact) mass is 360 g/mol. The van der Waals surface area contributed by atoms with Crippen molar-refractivity contribution < 1.29 is 18.8 Å². The van der Waals surface area contributed by atoms with E-state index >= 15 is 0 Å². The van der Waals surface area contributed by atoms with E-state index in [4.69, 9.17) is 4.74 Å². The third-order valence-corrected chi connectivity index (χ3v) is 7.60. The standard InChI is InChI=1S/C22H34NO3/c1-21(2)13-14-23(4,16-9-11-17(26-5)12-10-16)15-22(21,3)20(25)18-7-6-8-19(18)24/h9,11,18H,6-8,10,12-15H2,1-5H3/q+1. The van der Waals surface area contributed by atoms with Gasteiger partial charge in [-0.1, -0.05) is 13.8 Å². The van der Waals surface area contributed by atoms with E-state index < -0.39 is 5.41 Å². The zero-order valence-electron chi connectivity index (χ0n) is 17.1. The quantitative estimate of drug-likeness (QED) is 0.562. The number of hydrogen-bond donors (Lipinski definition) is 0. The van der Waals surface area contributed by atoms with Gasteiger partial charge in [-0.25, -0.2) is 0 Å². The molecule has 1 aliphatic heterocycles. The topological polar surface area (TPSA) is 43.4 Å². The number of piperidine rings is 1. The van der Waals surface area contributed by atoms with Gasteiger partial charge < -0.3 is 4.74 Å². The second kappa shape index (κ2) is 6.63. The summed E-state index contributed by atoms with van der Waals surface area (Å²) < 4.78 is 6.17. The van der Waals surface area contributed by atoms with Crippen LogP contribution in [-0.2, 0) is 14.3 Å². The van der Waals surface area contributed by atoms with Crippen LogP contribution in [0.3, 0.4) is 0 Å². The van der Waals surface area contributed by atoms with Crippen molar-refractivity contribution in [1.82, 2.24) is 0 Å². The van der Waals surface area contributed by atoms with Crippen molar-refractivity contribution in [3.8, 4) is 0 Å². The van der Waals surface area contributed by atoms with E-state index in [1.54, 1.807) is 7.11 Å². The van der Waals surface area contributed by atoms with Crippen LogP contribution < -0.4 is 0 Å². The molecule has 3 rings (SSSR count). The van der Waals surface area contributed by atoms with Crippen LogP contribution in [0.25, 0.3) is 0 Å². The van der Waals surface area contributed by atoms with Crippen LogP contribution in [-0.4, -0.2) is 43.3 Å². The Kier molecular flexibility index (Phi) is 4.93. The van der Waals surface area contributed by atoms with Crippen LogP contribution >= 0.6 is 0 Å². The summed E-state index contributed by atoms with van der Waals surface area (Å²) in [5.41, 5.74) is 0.808. The van der Waals surface area contributed by atoms with E-state index in [1.807, 2.05) is 0 Å². The predicted octanol–water partition coefficient (Wildman–Crippen LogP) is 4.02. The lowest BCUT2D eigenvalue weighted by molar-refractivity contribution is -0.888. The molecule has 0 bridgehead atoms. The molecule has 3 unspecified atom stereocenters. The molecule has 3 atom stereocenters. The average molecular weight is 361 g/mol. The fourth-order valence-corrected chi connectivity index (χ4v) is 5.15. The number of carbonyl (C=O) groups excluding carboxylic acids is 2. The molecule has 4 heteroatoms. The first kappa shape index (κ1) is 19.3. The van der Waals surface area contributed by atoms with Gasteiger partial charge in [-0.05, 0) is 37.3 Å². The molecule has 0 spiro atoms. The van der Waals surface area contributed by atoms with Crippen LogP contribution in [0.15, 0.2) is 23.6 Å². The van der Waals surface area contributed by atoms with Crippen LogP contribution in [0.2, 0.25) is 0 Å². The second-order valence-corrected chi connectivity index (χ2v) is 9.51. The molecule has 2 aliphatic carbocycles. The highest BCUT2D eigenvalue weighted by Gasteiger charge is 2.58. The van der Waals surface area contributed by atoms with Crippen LogP contribution in [0.1, 0.15) is 59.3 Å². The molecule has 4 nitrogen and oxygen atoms in total. The van der Waals surface area contributed by atoms with E-state index in [0.717, 1.165) is 55.4 Å². The lowest BCUT2D eigenvalue weighted by Crippen LogP contribution is -2.63. The number of allylic oxidation sites excluding steroid dienone is 4. The molecule has 1 heterocycles. The summed E-state index contributed by atoms with van der Waals surface area (Å²) in [5.74, 6) is 1.01. The normalized spacial score (nSPS) is 37.1. The van der Waals surface area contributed by atoms with Gasteiger partial charge in [-0.3, -0.25) is 14.1 Å². The minimum atomic E-state index is -0.475. The molecule has 1 saturated heterocycles. The summed E-state index contributed by atoms with van der Waals surface area (Å²) in [6.45, 7) is 8.37. The number of carbonyl (C=O) groups is 2. The number of ketones is 2. The minimum Gasteiger partial charge on any atom is -0.501 e. The maximum absolute atomic E-state index is 13.5. The lowest BCUT2D eigenvalue weighted by Gasteiger charge is -2.55. The van der Waals surface area contributed by atoms with E-state index in [-0.39, 0.29) is 22.9 Å². The van der Waals surface area contributed by atoms with E-state index in [2.05, 4.69) is 40.0 Å². The highest BCUT2D eigenvalue weighted by atomic mass is 16.5. The molecule has 0 N–H and O–H groups in total. The third-order valence-electron chi connectivity index (χ3n) is 7.60. The van der Waals surface area contributed by atoms with Crippen molar-refractivity contribution in [1.29, 1.82) is 0 Å². The van der Waals surface area contributed by atoms with Gasteiger partial charge in [-0.15, -0.1) is 0 Å². The highest BCUT2D eigenvalue weighted by molar-refractivity contribution is 6.06. The first-order valence-electron chi connectivity index (χ1n) is 9.99. The van der Waals surface area contributed by atoms with E-state index in [0.29, 0.717) is 6.42 Å². The molecular weight excluding hydrogens is 326 g/mol. The Balaban J connectivity index is 1.91. The first-order valence-corrected chi connectivity index (χ1v) is 9.99. The number of Topliss-reactive ketones (excluding diaryl/α,β-unsaturated/α-hetero) is 2. The van der Waals surface area contributed by atoms with Crippen LogP contribution in [0, 0.1) is 16.7 Å². The number of methoxy groups -OCH3 is 1. The molecule has 0 aromatic heterocycles. The van der Waals surface area contributed by atoms with Gasteiger partial charge in [-0.2, -0.15) is 0 Å². The summed E-state index contributed by atoms with van der Waals surface area (Å²) in [6, 6.07) is 0. The molecule has 0 aromatic rings. The molecule has 1 saturated carbocycles. The van der Waals surface area contributed by atoms with Crippen molar-refractivity contribution in [2.45, 2.75) is 59.3 Å². The largest absolute Gasteiger partial charge is 0.501 e. The van der Waals surface area contributed by atoms with Crippen molar-refractivity contribution >= 4 is 11.6 Å². The maximum Gasteiger partial charge on any atom is 0.155 e. The van der Waals surface area contributed by atoms with Gasteiger partial charge >= 0.3 is 0 Å². The minimum absolute atomic E-state index is 0.0898. The Hall–Kier alpha value is -1.42. The van der Waals surface area contributed by atoms with Gasteiger partial charge in [0.25, 0.3) is 0 Å². The number of ether oxygens (including phenoxy) is 1. The lowest BCUT2D eigenvalue weighted by atomic mass is 9.57. The number of likely N-dealkylation sites (tertiary alicyclic amines) is 1. The smallest absolute Gasteiger partial charge is 0.155 e. The van der Waals surface area contributed by atoms with Crippen molar-refractivity contribution in [2.75, 3.05) is 27.2 Å². The van der Waals surface area contributed by atoms with Gasteiger partial charge in [0.05, 0.1) is 44.3 Å². The fraction of sp³-hybridized carbons (Fsp3) is 0.727. The molecule has 0 amide bonds.